The van der Waals surface area contributed by atoms with Crippen LogP contribution in [0.15, 0.2) is 60.9 Å². The van der Waals surface area contributed by atoms with Crippen molar-refractivity contribution in [3.8, 4) is 17.0 Å². The van der Waals surface area contributed by atoms with Crippen LogP contribution in [0.5, 0.6) is 5.75 Å². The van der Waals surface area contributed by atoms with Crippen LogP contribution in [0.25, 0.3) is 16.8 Å². The number of anilines is 1. The largest absolute Gasteiger partial charge is 0.489 e. The zero-order valence-corrected chi connectivity index (χ0v) is 19.1. The summed E-state index contributed by atoms with van der Waals surface area (Å²) in [5, 5.41) is 4.47. The summed E-state index contributed by atoms with van der Waals surface area (Å²) >= 11 is 0. The molecule has 1 aliphatic carbocycles. The number of ether oxygens (including phenoxy) is 2. The molecule has 8 heteroatoms. The predicted molar refractivity (Wildman–Crippen MR) is 128 cm³/mol. The molecule has 8 nitrogen and oxygen atoms in total. The molecule has 5 rings (SSSR count). The van der Waals surface area contributed by atoms with Gasteiger partial charge in [-0.1, -0.05) is 42.5 Å². The van der Waals surface area contributed by atoms with Gasteiger partial charge in [0.2, 0.25) is 0 Å². The second-order valence-electron chi connectivity index (χ2n) is 8.60. The SMILES string of the molecule is COC(=O)C1CCC(c2nc(-c3cccc(OCc4ccccc4)c3)c3c(N)ncnn23)CC1. The average molecular weight is 458 g/mol. The maximum Gasteiger partial charge on any atom is 0.308 e. The number of imidazole rings is 1. The van der Waals surface area contributed by atoms with Gasteiger partial charge in [0, 0.05) is 11.5 Å². The van der Waals surface area contributed by atoms with E-state index in [1.54, 1.807) is 4.52 Å². The lowest BCUT2D eigenvalue weighted by molar-refractivity contribution is -0.146. The van der Waals surface area contributed by atoms with Gasteiger partial charge in [-0.15, -0.1) is 0 Å². The molecule has 0 bridgehead atoms. The Bertz CT molecular complexity index is 1300. The molecule has 2 heterocycles. The highest BCUT2D eigenvalue weighted by Gasteiger charge is 2.31. The number of fused-ring (bicyclic) bond motifs is 1. The smallest absolute Gasteiger partial charge is 0.308 e. The van der Waals surface area contributed by atoms with Gasteiger partial charge in [-0.25, -0.2) is 14.5 Å². The lowest BCUT2D eigenvalue weighted by Gasteiger charge is -2.25. The van der Waals surface area contributed by atoms with E-state index in [2.05, 4.69) is 10.1 Å². The van der Waals surface area contributed by atoms with E-state index < -0.39 is 0 Å². The number of nitrogen functional groups attached to an aromatic ring is 1. The highest BCUT2D eigenvalue weighted by atomic mass is 16.5. The van der Waals surface area contributed by atoms with Crippen LogP contribution in [0.1, 0.15) is 43.0 Å². The highest BCUT2D eigenvalue weighted by Crippen LogP contribution is 2.38. The van der Waals surface area contributed by atoms with Crippen molar-refractivity contribution < 1.29 is 14.3 Å². The van der Waals surface area contributed by atoms with Crippen LogP contribution in [-0.4, -0.2) is 32.7 Å². The van der Waals surface area contributed by atoms with Gasteiger partial charge < -0.3 is 15.2 Å². The van der Waals surface area contributed by atoms with Crippen molar-refractivity contribution in [3.05, 3.63) is 72.3 Å². The number of benzene rings is 2. The van der Waals surface area contributed by atoms with Crippen LogP contribution >= 0.6 is 0 Å². The van der Waals surface area contributed by atoms with Gasteiger partial charge in [-0.3, -0.25) is 4.79 Å². The molecule has 1 fully saturated rings. The third-order valence-corrected chi connectivity index (χ3v) is 6.47. The summed E-state index contributed by atoms with van der Waals surface area (Å²) < 4.78 is 12.8. The van der Waals surface area contributed by atoms with E-state index in [4.69, 9.17) is 20.2 Å². The fraction of sp³-hybridized carbons (Fsp3) is 0.308. The van der Waals surface area contributed by atoms with Crippen molar-refractivity contribution in [1.29, 1.82) is 0 Å². The first-order chi connectivity index (χ1) is 16.6. The van der Waals surface area contributed by atoms with Crippen LogP contribution in [-0.2, 0) is 16.1 Å². The Morgan fingerprint density at radius 3 is 2.65 bits per heavy atom. The number of carbonyl (C=O) groups excluding carboxylic acids is 1. The van der Waals surface area contributed by atoms with Gasteiger partial charge in [-0.05, 0) is 43.4 Å². The molecule has 2 aromatic heterocycles. The maximum absolute atomic E-state index is 11.9. The summed E-state index contributed by atoms with van der Waals surface area (Å²) in [6.07, 6.45) is 4.66. The van der Waals surface area contributed by atoms with Gasteiger partial charge in [0.15, 0.2) is 5.82 Å². The second-order valence-corrected chi connectivity index (χ2v) is 8.60. The first-order valence-corrected chi connectivity index (χ1v) is 11.5. The number of hydrogen-bond donors (Lipinski definition) is 1. The monoisotopic (exact) mass is 457 g/mol. The molecule has 4 aromatic rings. The fourth-order valence-corrected chi connectivity index (χ4v) is 4.67. The standard InChI is InChI=1S/C26H27N5O3/c1-33-26(32)19-12-10-18(11-13-19)25-30-22(23-24(27)28-16-29-31(23)25)20-8-5-9-21(14-20)34-15-17-6-3-2-4-7-17/h2-9,14,16,18-19H,10-13,15H2,1H3,(H2,27,28,29). The van der Waals surface area contributed by atoms with E-state index in [0.29, 0.717) is 17.9 Å². The molecule has 1 aliphatic rings. The summed E-state index contributed by atoms with van der Waals surface area (Å²) in [7, 11) is 1.44. The molecule has 0 radical (unpaired) electrons. The van der Waals surface area contributed by atoms with Crippen LogP contribution in [0.3, 0.4) is 0 Å². The minimum atomic E-state index is -0.133. The van der Waals surface area contributed by atoms with Gasteiger partial charge in [0.1, 0.15) is 35.7 Å². The minimum Gasteiger partial charge on any atom is -0.489 e. The number of nitrogens with zero attached hydrogens (tertiary/aromatic N) is 4. The molecular formula is C26H27N5O3. The van der Waals surface area contributed by atoms with E-state index in [1.165, 1.54) is 13.4 Å². The predicted octanol–water partition coefficient (Wildman–Crippen LogP) is 4.40. The third-order valence-electron chi connectivity index (χ3n) is 6.47. The number of nitrogens with two attached hydrogens (primary N) is 1. The van der Waals surface area contributed by atoms with Crippen LogP contribution in [0.4, 0.5) is 5.82 Å². The summed E-state index contributed by atoms with van der Waals surface area (Å²) in [6.45, 7) is 0.480. The van der Waals surface area contributed by atoms with Gasteiger partial charge in [0.05, 0.1) is 13.0 Å². The van der Waals surface area contributed by atoms with E-state index >= 15 is 0 Å². The van der Waals surface area contributed by atoms with E-state index in [9.17, 15) is 4.79 Å². The maximum atomic E-state index is 11.9. The Labute approximate surface area is 197 Å². The van der Waals surface area contributed by atoms with Crippen LogP contribution in [0.2, 0.25) is 0 Å². The van der Waals surface area contributed by atoms with Crippen molar-refractivity contribution in [2.45, 2.75) is 38.2 Å². The Morgan fingerprint density at radius 2 is 1.88 bits per heavy atom. The summed E-state index contributed by atoms with van der Waals surface area (Å²) in [6, 6.07) is 17.9. The molecule has 0 saturated heterocycles. The number of rotatable bonds is 6. The van der Waals surface area contributed by atoms with Gasteiger partial charge in [-0.2, -0.15) is 5.10 Å². The topological polar surface area (TPSA) is 105 Å². The zero-order valence-electron chi connectivity index (χ0n) is 19.1. The normalized spacial score (nSPS) is 18.0. The number of aromatic nitrogens is 4. The van der Waals surface area contributed by atoms with E-state index in [-0.39, 0.29) is 17.8 Å². The van der Waals surface area contributed by atoms with Crippen molar-refractivity contribution in [2.75, 3.05) is 12.8 Å². The van der Waals surface area contributed by atoms with E-state index in [1.807, 2.05) is 54.6 Å². The number of hydrogen-bond acceptors (Lipinski definition) is 7. The van der Waals surface area contributed by atoms with Crippen LogP contribution in [0, 0.1) is 5.92 Å². The van der Waals surface area contributed by atoms with Crippen molar-refractivity contribution in [3.63, 3.8) is 0 Å². The lowest BCUT2D eigenvalue weighted by Crippen LogP contribution is -2.23. The third kappa shape index (κ3) is 4.31. The van der Waals surface area contributed by atoms with Crippen molar-refractivity contribution in [2.24, 2.45) is 5.92 Å². The molecule has 34 heavy (non-hydrogen) atoms. The molecule has 0 atom stereocenters. The Kier molecular flexibility index (Phi) is 6.12. The first kappa shape index (κ1) is 21.9. The molecule has 0 aliphatic heterocycles. The first-order valence-electron chi connectivity index (χ1n) is 11.5. The summed E-state index contributed by atoms with van der Waals surface area (Å²) in [5.74, 6) is 1.96. The molecule has 0 amide bonds. The Hall–Kier alpha value is -3.94. The molecule has 2 N–H and O–H groups in total. The molecule has 174 valence electrons. The second kappa shape index (κ2) is 9.51. The molecule has 2 aromatic carbocycles. The molecule has 0 unspecified atom stereocenters. The minimum absolute atomic E-state index is 0.0508. The fourth-order valence-electron chi connectivity index (χ4n) is 4.67. The zero-order chi connectivity index (χ0) is 23.5. The van der Waals surface area contributed by atoms with Crippen molar-refractivity contribution in [1.82, 2.24) is 19.6 Å². The van der Waals surface area contributed by atoms with Gasteiger partial charge in [0.25, 0.3) is 0 Å². The molecular weight excluding hydrogens is 430 g/mol. The average Bonchev–Trinajstić information content (AvgIpc) is 3.29. The van der Waals surface area contributed by atoms with Crippen LogP contribution < -0.4 is 10.5 Å². The summed E-state index contributed by atoms with van der Waals surface area (Å²) in [5.41, 5.74) is 9.69. The Morgan fingerprint density at radius 1 is 1.09 bits per heavy atom. The lowest BCUT2D eigenvalue weighted by atomic mass is 9.81. The molecule has 0 spiro atoms. The number of methoxy groups -OCH3 is 1. The summed E-state index contributed by atoms with van der Waals surface area (Å²) in [4.78, 5) is 21.2. The Balaban J connectivity index is 1.45. The highest BCUT2D eigenvalue weighted by molar-refractivity contribution is 5.85. The molecule has 1 saturated carbocycles. The van der Waals surface area contributed by atoms with Gasteiger partial charge >= 0.3 is 5.97 Å². The quantitative estimate of drug-likeness (QED) is 0.428. The number of esters is 1. The van der Waals surface area contributed by atoms with E-state index in [0.717, 1.165) is 54.1 Å². The van der Waals surface area contributed by atoms with Crippen molar-refractivity contribution >= 4 is 17.3 Å². The number of carbonyl (C=O) groups is 1.